The van der Waals surface area contributed by atoms with Gasteiger partial charge in [-0.3, -0.25) is 9.69 Å². The molecule has 1 aliphatic rings. The average molecular weight is 464 g/mol. The van der Waals surface area contributed by atoms with E-state index in [1.165, 1.54) is 16.9 Å². The minimum Gasteiger partial charge on any atom is -0.462 e. The SMILES string of the molecule is CCOC(=O)c1c(NC(=O)c2ccc(N(C)C)cc2)sc2c1CCN(Cc1ccccc1)C2. The molecule has 4 rings (SSSR count). The van der Waals surface area contributed by atoms with E-state index in [4.69, 9.17) is 4.74 Å². The Bertz CT molecular complexity index is 1120. The van der Waals surface area contributed by atoms with Crippen molar-refractivity contribution in [1.29, 1.82) is 0 Å². The molecular formula is C26H29N3O3S. The molecule has 0 aliphatic carbocycles. The first-order chi connectivity index (χ1) is 16.0. The Kier molecular flexibility index (Phi) is 7.11. The zero-order chi connectivity index (χ0) is 23.4. The molecular weight excluding hydrogens is 434 g/mol. The molecule has 1 N–H and O–H groups in total. The lowest BCUT2D eigenvalue weighted by molar-refractivity contribution is 0.0526. The normalized spacial score (nSPS) is 13.3. The van der Waals surface area contributed by atoms with Crippen LogP contribution in [0.1, 0.15) is 43.6 Å². The number of esters is 1. The van der Waals surface area contributed by atoms with E-state index in [0.717, 1.165) is 42.2 Å². The zero-order valence-electron chi connectivity index (χ0n) is 19.3. The Morgan fingerprint density at radius 1 is 1.09 bits per heavy atom. The highest BCUT2D eigenvalue weighted by atomic mass is 32.1. The minimum absolute atomic E-state index is 0.231. The summed E-state index contributed by atoms with van der Waals surface area (Å²) in [7, 11) is 3.91. The van der Waals surface area contributed by atoms with Gasteiger partial charge in [-0.25, -0.2) is 4.79 Å². The molecule has 1 amide bonds. The van der Waals surface area contributed by atoms with Gasteiger partial charge in [0.05, 0.1) is 12.2 Å². The van der Waals surface area contributed by atoms with Crippen molar-refractivity contribution in [3.8, 4) is 0 Å². The van der Waals surface area contributed by atoms with Crippen molar-refractivity contribution in [3.63, 3.8) is 0 Å². The van der Waals surface area contributed by atoms with Crippen LogP contribution in [0.2, 0.25) is 0 Å². The standard InChI is InChI=1S/C26H29N3O3S/c1-4-32-26(31)23-21-14-15-29(16-18-8-6-5-7-9-18)17-22(21)33-25(23)27-24(30)19-10-12-20(13-11-19)28(2)3/h5-13H,4,14-17H2,1-3H3,(H,27,30). The number of ether oxygens (including phenoxy) is 1. The number of benzene rings is 2. The van der Waals surface area contributed by atoms with Crippen molar-refractivity contribution >= 4 is 33.9 Å². The van der Waals surface area contributed by atoms with Crippen LogP contribution >= 0.6 is 11.3 Å². The first-order valence-electron chi connectivity index (χ1n) is 11.1. The molecule has 0 radical (unpaired) electrons. The molecule has 2 aromatic carbocycles. The molecule has 6 nitrogen and oxygen atoms in total. The largest absolute Gasteiger partial charge is 0.462 e. The van der Waals surface area contributed by atoms with Gasteiger partial charge in [0.25, 0.3) is 5.91 Å². The molecule has 1 aromatic heterocycles. The number of thiophene rings is 1. The van der Waals surface area contributed by atoms with Crippen molar-refractivity contribution in [3.05, 3.63) is 81.7 Å². The maximum Gasteiger partial charge on any atom is 0.341 e. The van der Waals surface area contributed by atoms with Gasteiger partial charge in [0.1, 0.15) is 5.00 Å². The van der Waals surface area contributed by atoms with Crippen LogP contribution in [0, 0.1) is 0 Å². The fourth-order valence-electron chi connectivity index (χ4n) is 4.03. The number of carbonyl (C=O) groups is 2. The van der Waals surface area contributed by atoms with Crippen molar-refractivity contribution in [2.24, 2.45) is 0 Å². The van der Waals surface area contributed by atoms with E-state index >= 15 is 0 Å². The number of nitrogens with one attached hydrogen (secondary N) is 1. The summed E-state index contributed by atoms with van der Waals surface area (Å²) in [5.41, 5.74) is 4.34. The van der Waals surface area contributed by atoms with E-state index in [9.17, 15) is 9.59 Å². The van der Waals surface area contributed by atoms with Gasteiger partial charge in [0.15, 0.2) is 0 Å². The smallest absolute Gasteiger partial charge is 0.341 e. The molecule has 1 aliphatic heterocycles. The molecule has 0 unspecified atom stereocenters. The summed E-state index contributed by atoms with van der Waals surface area (Å²) in [6, 6.07) is 17.8. The van der Waals surface area contributed by atoms with E-state index in [0.29, 0.717) is 22.7 Å². The van der Waals surface area contributed by atoms with E-state index < -0.39 is 0 Å². The number of nitrogens with zero attached hydrogens (tertiary/aromatic N) is 2. The number of anilines is 2. The van der Waals surface area contributed by atoms with Crippen LogP contribution in [0.4, 0.5) is 10.7 Å². The van der Waals surface area contributed by atoms with Crippen LogP contribution < -0.4 is 10.2 Å². The van der Waals surface area contributed by atoms with Gasteiger partial charge in [0, 0.05) is 49.9 Å². The van der Waals surface area contributed by atoms with Gasteiger partial charge in [-0.05, 0) is 48.7 Å². The maximum absolute atomic E-state index is 13.0. The zero-order valence-corrected chi connectivity index (χ0v) is 20.1. The van der Waals surface area contributed by atoms with E-state index in [1.54, 1.807) is 19.1 Å². The fraction of sp³-hybridized carbons (Fsp3) is 0.308. The minimum atomic E-state index is -0.371. The Morgan fingerprint density at radius 3 is 2.48 bits per heavy atom. The van der Waals surface area contributed by atoms with Crippen LogP contribution in [0.15, 0.2) is 54.6 Å². The highest BCUT2D eigenvalue weighted by Gasteiger charge is 2.29. The van der Waals surface area contributed by atoms with Crippen molar-refractivity contribution < 1.29 is 14.3 Å². The molecule has 0 bridgehead atoms. The number of amides is 1. The monoisotopic (exact) mass is 463 g/mol. The molecule has 0 fully saturated rings. The summed E-state index contributed by atoms with van der Waals surface area (Å²) < 4.78 is 5.34. The van der Waals surface area contributed by atoms with Crippen molar-refractivity contribution in [1.82, 2.24) is 4.90 Å². The third kappa shape index (κ3) is 5.26. The van der Waals surface area contributed by atoms with Crippen molar-refractivity contribution in [2.75, 3.05) is 37.5 Å². The fourth-order valence-corrected chi connectivity index (χ4v) is 5.30. The number of hydrogen-bond acceptors (Lipinski definition) is 6. The molecule has 33 heavy (non-hydrogen) atoms. The third-order valence-electron chi connectivity index (χ3n) is 5.74. The highest BCUT2D eigenvalue weighted by molar-refractivity contribution is 7.17. The first-order valence-corrected chi connectivity index (χ1v) is 11.9. The quantitative estimate of drug-likeness (QED) is 0.510. The van der Waals surface area contributed by atoms with Crippen LogP contribution in [-0.2, 0) is 24.2 Å². The number of carbonyl (C=O) groups excluding carboxylic acids is 2. The van der Waals surface area contributed by atoms with Gasteiger partial charge in [-0.15, -0.1) is 11.3 Å². The lowest BCUT2D eigenvalue weighted by Crippen LogP contribution is -2.29. The Labute approximate surface area is 198 Å². The summed E-state index contributed by atoms with van der Waals surface area (Å²) in [6.07, 6.45) is 0.750. The van der Waals surface area contributed by atoms with Gasteiger partial charge >= 0.3 is 5.97 Å². The average Bonchev–Trinajstić information content (AvgIpc) is 3.17. The van der Waals surface area contributed by atoms with Crippen molar-refractivity contribution in [2.45, 2.75) is 26.4 Å². The van der Waals surface area contributed by atoms with Crippen LogP contribution in [-0.4, -0.2) is 44.0 Å². The predicted molar refractivity (Wildman–Crippen MR) is 133 cm³/mol. The van der Waals surface area contributed by atoms with Crippen LogP contribution in [0.5, 0.6) is 0 Å². The molecule has 172 valence electrons. The second-order valence-corrected chi connectivity index (χ2v) is 9.38. The molecule has 0 atom stereocenters. The summed E-state index contributed by atoms with van der Waals surface area (Å²) >= 11 is 1.48. The Hall–Kier alpha value is -3.16. The second-order valence-electron chi connectivity index (χ2n) is 8.27. The molecule has 2 heterocycles. The summed E-state index contributed by atoms with van der Waals surface area (Å²) in [6.45, 7) is 4.54. The van der Waals surface area contributed by atoms with Crippen LogP contribution in [0.25, 0.3) is 0 Å². The topological polar surface area (TPSA) is 61.9 Å². The van der Waals surface area contributed by atoms with Gasteiger partial charge in [-0.1, -0.05) is 30.3 Å². The summed E-state index contributed by atoms with van der Waals surface area (Å²) in [5, 5.41) is 3.55. The summed E-state index contributed by atoms with van der Waals surface area (Å²) in [4.78, 5) is 31.2. The molecule has 0 saturated heterocycles. The maximum atomic E-state index is 13.0. The highest BCUT2D eigenvalue weighted by Crippen LogP contribution is 2.38. The lowest BCUT2D eigenvalue weighted by Gasteiger charge is -2.27. The van der Waals surface area contributed by atoms with E-state index in [2.05, 4.69) is 22.3 Å². The molecule has 0 spiro atoms. The molecule has 0 saturated carbocycles. The van der Waals surface area contributed by atoms with Crippen LogP contribution in [0.3, 0.4) is 0 Å². The Morgan fingerprint density at radius 2 is 1.82 bits per heavy atom. The van der Waals surface area contributed by atoms with Gasteiger partial charge < -0.3 is 15.0 Å². The third-order valence-corrected chi connectivity index (χ3v) is 6.87. The lowest BCUT2D eigenvalue weighted by atomic mass is 10.0. The molecule has 3 aromatic rings. The van der Waals surface area contributed by atoms with Gasteiger partial charge in [0.2, 0.25) is 0 Å². The predicted octanol–water partition coefficient (Wildman–Crippen LogP) is 4.80. The van der Waals surface area contributed by atoms with Gasteiger partial charge in [-0.2, -0.15) is 0 Å². The number of hydrogen-bond donors (Lipinski definition) is 1. The van der Waals surface area contributed by atoms with E-state index in [-0.39, 0.29) is 11.9 Å². The van der Waals surface area contributed by atoms with E-state index in [1.807, 2.05) is 49.3 Å². The number of fused-ring (bicyclic) bond motifs is 1. The second kappa shape index (κ2) is 10.2. The summed E-state index contributed by atoms with van der Waals surface area (Å²) in [5.74, 6) is -0.602. The number of rotatable bonds is 7. The Balaban J connectivity index is 1.57. The molecule has 7 heteroatoms. The first kappa shape index (κ1) is 23.0.